The SMILES string of the molecule is CCCCCCCCCCCCCC(CC(CC(=O)Oc1ccc(O)cc1)C(C)(C)C)C(C)(C)C. The van der Waals surface area contributed by atoms with Crippen molar-refractivity contribution in [2.45, 2.75) is 138 Å². The standard InChI is InChI=1S/C32H56O3/c1-8-9-10-11-12-13-14-15-16-17-18-19-26(31(2,3)4)24-27(32(5,6)7)25-30(34)35-29-22-20-28(33)21-23-29/h20-23,26-27,33H,8-19,24-25H2,1-7H3. The van der Waals surface area contributed by atoms with E-state index >= 15 is 0 Å². The number of hydrogen-bond donors (Lipinski definition) is 1. The lowest BCUT2D eigenvalue weighted by atomic mass is 9.67. The smallest absolute Gasteiger partial charge is 0.311 e. The maximum Gasteiger partial charge on any atom is 0.311 e. The molecule has 35 heavy (non-hydrogen) atoms. The summed E-state index contributed by atoms with van der Waals surface area (Å²) in [4.78, 5) is 12.8. The van der Waals surface area contributed by atoms with Crippen LogP contribution in [0.1, 0.15) is 138 Å². The average molecular weight is 489 g/mol. The summed E-state index contributed by atoms with van der Waals surface area (Å²) in [6.45, 7) is 16.1. The van der Waals surface area contributed by atoms with Gasteiger partial charge in [0.25, 0.3) is 0 Å². The van der Waals surface area contributed by atoms with Gasteiger partial charge in [-0.25, -0.2) is 0 Å². The molecule has 1 aromatic carbocycles. The van der Waals surface area contributed by atoms with Crippen LogP contribution in [0.2, 0.25) is 0 Å². The molecule has 0 saturated heterocycles. The van der Waals surface area contributed by atoms with E-state index in [1.54, 1.807) is 24.3 Å². The van der Waals surface area contributed by atoms with Gasteiger partial charge in [0.2, 0.25) is 0 Å². The Bertz CT molecular complexity index is 678. The molecular weight excluding hydrogens is 432 g/mol. The normalized spacial score (nSPS) is 14.0. The average Bonchev–Trinajstić information content (AvgIpc) is 2.76. The summed E-state index contributed by atoms with van der Waals surface area (Å²) in [5, 5.41) is 9.46. The number of aromatic hydroxyl groups is 1. The van der Waals surface area contributed by atoms with Crippen LogP contribution in [0.3, 0.4) is 0 Å². The van der Waals surface area contributed by atoms with Gasteiger partial charge >= 0.3 is 5.97 Å². The molecule has 3 nitrogen and oxygen atoms in total. The molecule has 0 spiro atoms. The van der Waals surface area contributed by atoms with Gasteiger partial charge in [0.1, 0.15) is 11.5 Å². The Labute approximate surface area is 217 Å². The highest BCUT2D eigenvalue weighted by atomic mass is 16.5. The second-order valence-electron chi connectivity index (χ2n) is 12.9. The van der Waals surface area contributed by atoms with Crippen LogP contribution in [0.25, 0.3) is 0 Å². The van der Waals surface area contributed by atoms with Crippen LogP contribution in [0.15, 0.2) is 24.3 Å². The third kappa shape index (κ3) is 14.6. The van der Waals surface area contributed by atoms with E-state index in [4.69, 9.17) is 4.74 Å². The summed E-state index contributed by atoms with van der Waals surface area (Å²) >= 11 is 0. The number of rotatable bonds is 17. The Hall–Kier alpha value is -1.51. The number of esters is 1. The highest BCUT2D eigenvalue weighted by molar-refractivity contribution is 5.72. The van der Waals surface area contributed by atoms with E-state index < -0.39 is 0 Å². The van der Waals surface area contributed by atoms with E-state index in [0.717, 1.165) is 6.42 Å². The fraction of sp³-hybridized carbons (Fsp3) is 0.781. The highest BCUT2D eigenvalue weighted by Crippen LogP contribution is 2.42. The van der Waals surface area contributed by atoms with Crippen LogP contribution in [0.5, 0.6) is 11.5 Å². The number of phenols is 1. The minimum atomic E-state index is -0.182. The number of unbranched alkanes of at least 4 members (excludes halogenated alkanes) is 10. The Morgan fingerprint density at radius 2 is 1.20 bits per heavy atom. The fourth-order valence-electron chi connectivity index (χ4n) is 4.93. The third-order valence-electron chi connectivity index (χ3n) is 7.66. The second kappa shape index (κ2) is 16.3. The summed E-state index contributed by atoms with van der Waals surface area (Å²) in [6.07, 6.45) is 17.8. The van der Waals surface area contributed by atoms with Crippen molar-refractivity contribution in [1.29, 1.82) is 0 Å². The molecule has 1 rings (SSSR count). The van der Waals surface area contributed by atoms with E-state index in [0.29, 0.717) is 18.1 Å². The molecule has 2 unspecified atom stereocenters. The second-order valence-corrected chi connectivity index (χ2v) is 12.9. The van der Waals surface area contributed by atoms with Gasteiger partial charge in [-0.15, -0.1) is 0 Å². The molecule has 0 radical (unpaired) electrons. The minimum absolute atomic E-state index is 0.0363. The van der Waals surface area contributed by atoms with Crippen molar-refractivity contribution in [2.75, 3.05) is 0 Å². The van der Waals surface area contributed by atoms with Gasteiger partial charge in [0.15, 0.2) is 0 Å². The summed E-state index contributed by atoms with van der Waals surface area (Å²) < 4.78 is 5.58. The van der Waals surface area contributed by atoms with Crippen molar-refractivity contribution in [3.63, 3.8) is 0 Å². The van der Waals surface area contributed by atoms with E-state index in [1.807, 2.05) is 0 Å². The molecule has 1 aromatic rings. The number of carbonyl (C=O) groups is 1. The molecule has 0 bridgehead atoms. The predicted octanol–water partition coefficient (Wildman–Crippen LogP) is 10.1. The van der Waals surface area contributed by atoms with Gasteiger partial charge in [-0.3, -0.25) is 4.79 Å². The predicted molar refractivity (Wildman–Crippen MR) is 150 cm³/mol. The molecule has 0 aliphatic rings. The van der Waals surface area contributed by atoms with Crippen LogP contribution < -0.4 is 4.74 Å². The van der Waals surface area contributed by atoms with Crippen LogP contribution in [-0.2, 0) is 4.79 Å². The van der Waals surface area contributed by atoms with Crippen molar-refractivity contribution in [2.24, 2.45) is 22.7 Å². The fourth-order valence-corrected chi connectivity index (χ4v) is 4.93. The molecule has 0 aliphatic carbocycles. The summed E-state index contributed by atoms with van der Waals surface area (Å²) in [7, 11) is 0. The summed E-state index contributed by atoms with van der Waals surface area (Å²) in [5.41, 5.74) is 0.261. The minimum Gasteiger partial charge on any atom is -0.508 e. The molecular formula is C32H56O3. The molecule has 0 heterocycles. The molecule has 0 amide bonds. The first kappa shape index (κ1) is 31.5. The van der Waals surface area contributed by atoms with Crippen molar-refractivity contribution in [3.05, 3.63) is 24.3 Å². The Morgan fingerprint density at radius 3 is 1.66 bits per heavy atom. The molecule has 0 fully saturated rings. The summed E-state index contributed by atoms with van der Waals surface area (Å²) in [5.74, 6) is 1.34. The summed E-state index contributed by atoms with van der Waals surface area (Å²) in [6, 6.07) is 6.38. The van der Waals surface area contributed by atoms with Gasteiger partial charge in [-0.2, -0.15) is 0 Å². The number of phenolic OH excluding ortho intramolecular Hbond substituents is 1. The third-order valence-corrected chi connectivity index (χ3v) is 7.66. The lowest BCUT2D eigenvalue weighted by molar-refractivity contribution is -0.136. The van der Waals surface area contributed by atoms with E-state index in [9.17, 15) is 9.90 Å². The largest absolute Gasteiger partial charge is 0.508 e. The Balaban J connectivity index is 2.49. The van der Waals surface area contributed by atoms with Crippen molar-refractivity contribution in [3.8, 4) is 11.5 Å². The maximum atomic E-state index is 12.8. The van der Waals surface area contributed by atoms with Crippen LogP contribution >= 0.6 is 0 Å². The zero-order chi connectivity index (χ0) is 26.3. The molecule has 1 N–H and O–H groups in total. The molecule has 3 heteroatoms. The van der Waals surface area contributed by atoms with Crippen LogP contribution in [0.4, 0.5) is 0 Å². The maximum absolute atomic E-state index is 12.8. The lowest BCUT2D eigenvalue weighted by Crippen LogP contribution is -2.31. The zero-order valence-corrected chi connectivity index (χ0v) is 24.1. The van der Waals surface area contributed by atoms with E-state index in [2.05, 4.69) is 48.5 Å². The van der Waals surface area contributed by atoms with Gasteiger partial charge < -0.3 is 9.84 Å². The molecule has 0 aliphatic heterocycles. The highest BCUT2D eigenvalue weighted by Gasteiger charge is 2.34. The quantitative estimate of drug-likeness (QED) is 0.135. The number of carbonyl (C=O) groups excluding carboxylic acids is 1. The number of ether oxygens (including phenoxy) is 1. The Kier molecular flexibility index (Phi) is 14.7. The van der Waals surface area contributed by atoms with E-state index in [-0.39, 0.29) is 28.5 Å². The monoisotopic (exact) mass is 488 g/mol. The molecule has 0 saturated carbocycles. The lowest BCUT2D eigenvalue weighted by Gasteiger charge is -2.38. The molecule has 0 aromatic heterocycles. The molecule has 202 valence electrons. The van der Waals surface area contributed by atoms with Crippen LogP contribution in [0, 0.1) is 22.7 Å². The topological polar surface area (TPSA) is 46.5 Å². The van der Waals surface area contributed by atoms with Gasteiger partial charge in [-0.05, 0) is 59.8 Å². The van der Waals surface area contributed by atoms with Gasteiger partial charge in [0.05, 0.1) is 0 Å². The van der Waals surface area contributed by atoms with Crippen molar-refractivity contribution < 1.29 is 14.6 Å². The van der Waals surface area contributed by atoms with Gasteiger partial charge in [-0.1, -0.05) is 119 Å². The Morgan fingerprint density at radius 1 is 0.743 bits per heavy atom. The van der Waals surface area contributed by atoms with Crippen molar-refractivity contribution in [1.82, 2.24) is 0 Å². The first-order valence-electron chi connectivity index (χ1n) is 14.4. The van der Waals surface area contributed by atoms with Gasteiger partial charge in [0, 0.05) is 6.42 Å². The zero-order valence-electron chi connectivity index (χ0n) is 24.1. The number of hydrogen-bond acceptors (Lipinski definition) is 3. The first-order valence-corrected chi connectivity index (χ1v) is 14.4. The molecule has 2 atom stereocenters. The van der Waals surface area contributed by atoms with Crippen molar-refractivity contribution >= 4 is 5.97 Å². The first-order chi connectivity index (χ1) is 16.4. The van der Waals surface area contributed by atoms with E-state index in [1.165, 1.54) is 77.0 Å². The number of benzene rings is 1. The van der Waals surface area contributed by atoms with Crippen LogP contribution in [-0.4, -0.2) is 11.1 Å².